The Morgan fingerprint density at radius 1 is 1.13 bits per heavy atom. The minimum absolute atomic E-state index is 0. The third-order valence-electron chi connectivity index (χ3n) is 5.87. The molecule has 1 aromatic carbocycles. The lowest BCUT2D eigenvalue weighted by Gasteiger charge is -2.36. The van der Waals surface area contributed by atoms with E-state index >= 15 is 0 Å². The van der Waals surface area contributed by atoms with Crippen molar-refractivity contribution in [1.29, 1.82) is 0 Å². The zero-order valence-electron chi connectivity index (χ0n) is 20.2. The Bertz CT molecular complexity index is 663. The summed E-state index contributed by atoms with van der Waals surface area (Å²) in [5, 5.41) is 3.54. The smallest absolute Gasteiger partial charge is 0.193 e. The number of ether oxygens (including phenoxy) is 2. The van der Waals surface area contributed by atoms with Crippen molar-refractivity contribution in [1.82, 2.24) is 20.0 Å². The Morgan fingerprint density at radius 2 is 1.84 bits per heavy atom. The van der Waals surface area contributed by atoms with Gasteiger partial charge in [0.05, 0.1) is 14.2 Å². The van der Waals surface area contributed by atoms with Crippen LogP contribution in [0.1, 0.15) is 32.3 Å². The Balaban J connectivity index is 0.00000480. The molecule has 0 aliphatic carbocycles. The number of hydrogen-bond acceptors (Lipinski definition) is 5. The van der Waals surface area contributed by atoms with Crippen LogP contribution in [-0.4, -0.2) is 94.3 Å². The first-order valence-corrected chi connectivity index (χ1v) is 11.1. The average molecular weight is 548 g/mol. The van der Waals surface area contributed by atoms with Crippen molar-refractivity contribution in [2.75, 3.05) is 67.6 Å². The van der Waals surface area contributed by atoms with Gasteiger partial charge >= 0.3 is 0 Å². The van der Waals surface area contributed by atoms with Gasteiger partial charge in [0, 0.05) is 57.9 Å². The van der Waals surface area contributed by atoms with Gasteiger partial charge in [-0.3, -0.25) is 9.89 Å². The Labute approximate surface area is 206 Å². The monoisotopic (exact) mass is 547 g/mol. The molecule has 1 N–H and O–H groups in total. The summed E-state index contributed by atoms with van der Waals surface area (Å²) in [4.78, 5) is 11.7. The largest absolute Gasteiger partial charge is 0.497 e. The van der Waals surface area contributed by atoms with Crippen LogP contribution in [0.25, 0.3) is 0 Å². The summed E-state index contributed by atoms with van der Waals surface area (Å²) in [7, 11) is 7.49. The van der Waals surface area contributed by atoms with Gasteiger partial charge in [-0.25, -0.2) is 0 Å². The maximum atomic E-state index is 5.53. The normalized spacial score (nSPS) is 15.2. The molecule has 0 bridgehead atoms. The molecule has 1 heterocycles. The number of rotatable bonds is 10. The molecule has 31 heavy (non-hydrogen) atoms. The summed E-state index contributed by atoms with van der Waals surface area (Å²) in [5.41, 5.74) is 1.17. The number of methoxy groups -OCH3 is 2. The highest BCUT2D eigenvalue weighted by molar-refractivity contribution is 14.0. The van der Waals surface area contributed by atoms with Crippen LogP contribution < -0.4 is 14.8 Å². The third-order valence-corrected chi connectivity index (χ3v) is 5.87. The fraction of sp³-hybridized carbons (Fsp3) is 0.696. The number of aliphatic imine (C=N–C) groups is 1. The minimum Gasteiger partial charge on any atom is -0.497 e. The summed E-state index contributed by atoms with van der Waals surface area (Å²) in [6, 6.07) is 6.60. The van der Waals surface area contributed by atoms with Gasteiger partial charge < -0.3 is 24.6 Å². The molecule has 0 unspecified atom stereocenters. The first-order chi connectivity index (χ1) is 14.5. The number of halogens is 1. The molecule has 0 radical (unpaired) electrons. The maximum Gasteiger partial charge on any atom is 0.193 e. The molecule has 0 atom stereocenters. The maximum absolute atomic E-state index is 5.53. The molecule has 7 nitrogen and oxygen atoms in total. The van der Waals surface area contributed by atoms with Gasteiger partial charge in [-0.15, -0.1) is 24.0 Å². The first kappa shape index (κ1) is 27.8. The number of hydrogen-bond donors (Lipinski definition) is 1. The van der Waals surface area contributed by atoms with Gasteiger partial charge in [0.2, 0.25) is 0 Å². The molecule has 2 rings (SSSR count). The van der Waals surface area contributed by atoms with Gasteiger partial charge in [0.15, 0.2) is 5.96 Å². The predicted molar refractivity (Wildman–Crippen MR) is 140 cm³/mol. The van der Waals surface area contributed by atoms with Crippen LogP contribution in [-0.2, 0) is 6.54 Å². The molecule has 1 aliphatic heterocycles. The van der Waals surface area contributed by atoms with Crippen LogP contribution >= 0.6 is 24.0 Å². The predicted octanol–water partition coefficient (Wildman–Crippen LogP) is 3.14. The van der Waals surface area contributed by atoms with E-state index in [1.54, 1.807) is 14.2 Å². The van der Waals surface area contributed by atoms with Crippen molar-refractivity contribution in [3.63, 3.8) is 0 Å². The molecular weight excluding hydrogens is 505 g/mol. The van der Waals surface area contributed by atoms with Crippen LogP contribution in [0.15, 0.2) is 23.2 Å². The summed E-state index contributed by atoms with van der Waals surface area (Å²) < 4.78 is 10.9. The lowest BCUT2D eigenvalue weighted by atomic mass is 10.1. The fourth-order valence-corrected chi connectivity index (χ4v) is 3.64. The van der Waals surface area contributed by atoms with Crippen LogP contribution in [0.3, 0.4) is 0 Å². The molecule has 8 heteroatoms. The van der Waals surface area contributed by atoms with Crippen LogP contribution in [0, 0.1) is 0 Å². The van der Waals surface area contributed by atoms with Crippen molar-refractivity contribution < 1.29 is 9.47 Å². The first-order valence-electron chi connectivity index (χ1n) is 11.1. The highest BCUT2D eigenvalue weighted by Gasteiger charge is 2.20. The second kappa shape index (κ2) is 14.7. The Morgan fingerprint density at radius 3 is 2.42 bits per heavy atom. The van der Waals surface area contributed by atoms with E-state index in [4.69, 9.17) is 9.47 Å². The van der Waals surface area contributed by atoms with Crippen molar-refractivity contribution in [2.24, 2.45) is 4.99 Å². The summed E-state index contributed by atoms with van der Waals surface area (Å²) >= 11 is 0. The number of unbranched alkanes of at least 4 members (excludes halogenated alkanes) is 1. The summed E-state index contributed by atoms with van der Waals surface area (Å²) in [6.07, 6.45) is 2.36. The SMILES string of the molecule is CN=C(NCCCCN(C)C(C)C)N1CCN(Cc2cc(OC)ccc2OC)CC1.I. The quantitative estimate of drug-likeness (QED) is 0.210. The van der Waals surface area contributed by atoms with Crippen molar-refractivity contribution in [2.45, 2.75) is 39.3 Å². The zero-order valence-corrected chi connectivity index (χ0v) is 22.5. The molecule has 0 amide bonds. The lowest BCUT2D eigenvalue weighted by molar-refractivity contribution is 0.171. The van der Waals surface area contributed by atoms with E-state index in [1.807, 2.05) is 19.2 Å². The van der Waals surface area contributed by atoms with Gasteiger partial charge in [-0.1, -0.05) is 0 Å². The van der Waals surface area contributed by atoms with E-state index in [1.165, 1.54) is 12.0 Å². The Hall–Kier alpha value is -1.26. The molecule has 1 aliphatic rings. The summed E-state index contributed by atoms with van der Waals surface area (Å²) in [5.74, 6) is 2.80. The molecule has 1 aromatic rings. The van der Waals surface area contributed by atoms with Crippen LogP contribution in [0.4, 0.5) is 0 Å². The molecule has 0 saturated carbocycles. The fourth-order valence-electron chi connectivity index (χ4n) is 3.64. The van der Waals surface area contributed by atoms with Crippen LogP contribution in [0.2, 0.25) is 0 Å². The minimum atomic E-state index is 0. The van der Waals surface area contributed by atoms with Crippen molar-refractivity contribution in [3.8, 4) is 11.5 Å². The van der Waals surface area contributed by atoms with E-state index in [0.29, 0.717) is 6.04 Å². The molecule has 1 fully saturated rings. The molecule has 178 valence electrons. The van der Waals surface area contributed by atoms with E-state index < -0.39 is 0 Å². The molecular formula is C23H42IN5O2. The topological polar surface area (TPSA) is 52.6 Å². The van der Waals surface area contributed by atoms with Gasteiger partial charge in [-0.2, -0.15) is 0 Å². The molecule has 1 saturated heterocycles. The number of nitrogens with zero attached hydrogens (tertiary/aromatic N) is 4. The second-order valence-electron chi connectivity index (χ2n) is 8.20. The van der Waals surface area contributed by atoms with E-state index in [9.17, 15) is 0 Å². The number of nitrogens with one attached hydrogen (secondary N) is 1. The standard InChI is InChI=1S/C23H41N5O2.HI/c1-19(2)26(4)12-8-7-11-25-23(24-3)28-15-13-27(14-16-28)18-20-17-21(29-5)9-10-22(20)30-6;/h9-10,17,19H,7-8,11-16,18H2,1-6H3,(H,24,25);1H. The van der Waals surface area contributed by atoms with Gasteiger partial charge in [0.25, 0.3) is 0 Å². The highest BCUT2D eigenvalue weighted by atomic mass is 127. The molecule has 0 spiro atoms. The van der Waals surface area contributed by atoms with Gasteiger partial charge in [-0.05, 0) is 58.5 Å². The van der Waals surface area contributed by atoms with E-state index in [-0.39, 0.29) is 24.0 Å². The van der Waals surface area contributed by atoms with Gasteiger partial charge in [0.1, 0.15) is 11.5 Å². The highest BCUT2D eigenvalue weighted by Crippen LogP contribution is 2.25. The van der Waals surface area contributed by atoms with Crippen LogP contribution in [0.5, 0.6) is 11.5 Å². The number of benzene rings is 1. The second-order valence-corrected chi connectivity index (χ2v) is 8.20. The van der Waals surface area contributed by atoms with Crippen molar-refractivity contribution in [3.05, 3.63) is 23.8 Å². The van der Waals surface area contributed by atoms with E-state index in [0.717, 1.165) is 69.7 Å². The Kier molecular flexibility index (Phi) is 13.2. The van der Waals surface area contributed by atoms with Crippen molar-refractivity contribution >= 4 is 29.9 Å². The van der Waals surface area contributed by atoms with E-state index in [2.05, 4.69) is 52.0 Å². The molecule has 0 aromatic heterocycles. The number of piperazine rings is 1. The third kappa shape index (κ3) is 9.02. The average Bonchev–Trinajstić information content (AvgIpc) is 2.76. The lowest BCUT2D eigenvalue weighted by Crippen LogP contribution is -2.52. The zero-order chi connectivity index (χ0) is 21.9. The summed E-state index contributed by atoms with van der Waals surface area (Å²) in [6.45, 7) is 11.4. The number of guanidine groups is 1.